The summed E-state index contributed by atoms with van der Waals surface area (Å²) in [6.07, 6.45) is -0.969. The second-order valence-corrected chi connectivity index (χ2v) is 13.3. The van der Waals surface area contributed by atoms with Gasteiger partial charge in [-0.1, -0.05) is 13.8 Å². The standard InChI is InChI=1S/C27H44O8/c1-23(2,33)8-7-21(32)26(5,34)22-20(31)13-27(35)15-10-17(28)16-11-18(29)19(30)12-24(16,3)14(15)6-9-25(22,27)4/h10,14,16,18-22,29-35H,6-9,11-13H2,1-5H3/t14-,16?,18?,19?,20?,21?,22-,24+,25+,26-,27+/m0/s1. The third-order valence-electron chi connectivity index (χ3n) is 10.5. The summed E-state index contributed by atoms with van der Waals surface area (Å²) >= 11 is 0. The Morgan fingerprint density at radius 3 is 2.26 bits per heavy atom. The zero-order valence-corrected chi connectivity index (χ0v) is 21.6. The maximum absolute atomic E-state index is 13.3. The molecule has 4 aliphatic rings. The van der Waals surface area contributed by atoms with Gasteiger partial charge in [-0.05, 0) is 82.3 Å². The molecule has 0 aliphatic heterocycles. The number of fused-ring (bicyclic) bond motifs is 5. The zero-order chi connectivity index (χ0) is 26.4. The van der Waals surface area contributed by atoms with Crippen LogP contribution in [0.3, 0.4) is 0 Å². The summed E-state index contributed by atoms with van der Waals surface area (Å²) in [5.74, 6) is -1.70. The molecule has 0 aromatic heterocycles. The fourth-order valence-electron chi connectivity index (χ4n) is 8.44. The minimum atomic E-state index is -1.74. The Kier molecular flexibility index (Phi) is 6.46. The van der Waals surface area contributed by atoms with E-state index in [-0.39, 0.29) is 43.8 Å². The van der Waals surface area contributed by atoms with Gasteiger partial charge in [0.15, 0.2) is 5.78 Å². The normalized spacial score (nSPS) is 48.3. The lowest BCUT2D eigenvalue weighted by Crippen LogP contribution is -2.63. The van der Waals surface area contributed by atoms with Crippen LogP contribution in [-0.4, -0.2) is 82.7 Å². The van der Waals surface area contributed by atoms with Gasteiger partial charge in [-0.15, -0.1) is 0 Å². The number of ketones is 1. The van der Waals surface area contributed by atoms with Gasteiger partial charge < -0.3 is 35.7 Å². The molecule has 8 nitrogen and oxygen atoms in total. The van der Waals surface area contributed by atoms with E-state index in [4.69, 9.17) is 0 Å². The lowest BCUT2D eigenvalue weighted by atomic mass is 9.45. The predicted octanol–water partition coefficient (Wildman–Crippen LogP) is 0.825. The summed E-state index contributed by atoms with van der Waals surface area (Å²) < 4.78 is 0. The van der Waals surface area contributed by atoms with Crippen LogP contribution >= 0.6 is 0 Å². The fraction of sp³-hybridized carbons (Fsp3) is 0.889. The molecule has 0 spiro atoms. The molecule has 0 amide bonds. The molecule has 0 bridgehead atoms. The third-order valence-corrected chi connectivity index (χ3v) is 10.5. The number of hydrogen-bond acceptors (Lipinski definition) is 8. The minimum Gasteiger partial charge on any atom is -0.393 e. The van der Waals surface area contributed by atoms with Gasteiger partial charge in [-0.25, -0.2) is 0 Å². The van der Waals surface area contributed by atoms with Crippen molar-refractivity contribution in [2.45, 2.75) is 121 Å². The first-order valence-corrected chi connectivity index (χ1v) is 13.0. The summed E-state index contributed by atoms with van der Waals surface area (Å²) in [7, 11) is 0. The summed E-state index contributed by atoms with van der Waals surface area (Å²) in [5.41, 5.74) is -5.43. The van der Waals surface area contributed by atoms with E-state index in [1.54, 1.807) is 13.8 Å². The topological polar surface area (TPSA) is 159 Å². The molecular formula is C27H44O8. The van der Waals surface area contributed by atoms with Crippen LogP contribution in [0.4, 0.5) is 0 Å². The first-order chi connectivity index (χ1) is 15.9. The molecule has 4 rings (SSSR count). The van der Waals surface area contributed by atoms with E-state index in [1.165, 1.54) is 13.0 Å². The highest BCUT2D eigenvalue weighted by atomic mass is 16.3. The van der Waals surface area contributed by atoms with Crippen molar-refractivity contribution < 1.29 is 40.5 Å². The monoisotopic (exact) mass is 496 g/mol. The number of carbonyl (C=O) groups is 1. The van der Waals surface area contributed by atoms with Crippen LogP contribution in [0.1, 0.15) is 79.6 Å². The van der Waals surface area contributed by atoms with E-state index in [0.29, 0.717) is 18.4 Å². The minimum absolute atomic E-state index is 0.0654. The van der Waals surface area contributed by atoms with Gasteiger partial charge in [-0.2, -0.15) is 0 Å². The highest BCUT2D eigenvalue weighted by molar-refractivity contribution is 5.95. The van der Waals surface area contributed by atoms with Crippen LogP contribution < -0.4 is 0 Å². The van der Waals surface area contributed by atoms with Gasteiger partial charge in [0.2, 0.25) is 0 Å². The van der Waals surface area contributed by atoms with Crippen LogP contribution in [0.5, 0.6) is 0 Å². The number of allylic oxidation sites excluding steroid dienone is 1. The second-order valence-electron chi connectivity index (χ2n) is 13.3. The zero-order valence-electron chi connectivity index (χ0n) is 21.6. The maximum Gasteiger partial charge on any atom is 0.159 e. The van der Waals surface area contributed by atoms with Crippen molar-refractivity contribution in [3.63, 3.8) is 0 Å². The van der Waals surface area contributed by atoms with Gasteiger partial charge in [0, 0.05) is 23.7 Å². The van der Waals surface area contributed by atoms with Crippen molar-refractivity contribution in [2.24, 2.45) is 28.6 Å². The van der Waals surface area contributed by atoms with Crippen LogP contribution in [0.25, 0.3) is 0 Å². The Labute approximate surface area is 207 Å². The smallest absolute Gasteiger partial charge is 0.159 e. The van der Waals surface area contributed by atoms with Crippen LogP contribution in [-0.2, 0) is 4.79 Å². The highest BCUT2D eigenvalue weighted by Crippen LogP contribution is 2.68. The molecule has 3 fully saturated rings. The molecular weight excluding hydrogens is 452 g/mol. The summed E-state index contributed by atoms with van der Waals surface area (Å²) in [6.45, 7) is 8.51. The van der Waals surface area contributed by atoms with E-state index in [0.717, 1.165) is 0 Å². The quantitative estimate of drug-likeness (QED) is 0.295. The number of aliphatic hydroxyl groups excluding tert-OH is 4. The summed E-state index contributed by atoms with van der Waals surface area (Å²) in [6, 6.07) is 0. The Morgan fingerprint density at radius 1 is 1.03 bits per heavy atom. The van der Waals surface area contributed by atoms with Crippen LogP contribution in [0, 0.1) is 28.6 Å². The van der Waals surface area contributed by atoms with E-state index in [2.05, 4.69) is 0 Å². The van der Waals surface area contributed by atoms with E-state index in [9.17, 15) is 40.5 Å². The van der Waals surface area contributed by atoms with Crippen molar-refractivity contribution in [3.05, 3.63) is 11.6 Å². The first-order valence-electron chi connectivity index (χ1n) is 13.0. The van der Waals surface area contributed by atoms with E-state index >= 15 is 0 Å². The third kappa shape index (κ3) is 3.95. The van der Waals surface area contributed by atoms with Crippen molar-refractivity contribution in [3.8, 4) is 0 Å². The Balaban J connectivity index is 1.71. The molecule has 0 aromatic rings. The van der Waals surface area contributed by atoms with Gasteiger partial charge in [0.1, 0.15) is 0 Å². The molecule has 35 heavy (non-hydrogen) atoms. The largest absolute Gasteiger partial charge is 0.393 e. The van der Waals surface area contributed by atoms with Gasteiger partial charge in [-0.3, -0.25) is 4.79 Å². The average molecular weight is 497 g/mol. The van der Waals surface area contributed by atoms with Gasteiger partial charge in [0.05, 0.1) is 41.2 Å². The number of hydrogen-bond donors (Lipinski definition) is 7. The molecule has 0 saturated heterocycles. The molecule has 5 unspecified atom stereocenters. The number of carbonyl (C=O) groups excluding carboxylic acids is 1. The molecule has 11 atom stereocenters. The van der Waals surface area contributed by atoms with E-state index in [1.807, 2.05) is 13.8 Å². The molecule has 8 heteroatoms. The number of aliphatic hydroxyl groups is 7. The predicted molar refractivity (Wildman–Crippen MR) is 128 cm³/mol. The molecule has 0 heterocycles. The van der Waals surface area contributed by atoms with Crippen LogP contribution in [0.15, 0.2) is 11.6 Å². The number of rotatable bonds is 5. The molecule has 200 valence electrons. The molecule has 0 aromatic carbocycles. The lowest BCUT2D eigenvalue weighted by molar-refractivity contribution is -0.185. The first kappa shape index (κ1) is 27.2. The van der Waals surface area contributed by atoms with Gasteiger partial charge in [0.25, 0.3) is 0 Å². The van der Waals surface area contributed by atoms with Crippen LogP contribution in [0.2, 0.25) is 0 Å². The second kappa shape index (κ2) is 8.32. The molecule has 4 aliphatic carbocycles. The highest BCUT2D eigenvalue weighted by Gasteiger charge is 2.71. The van der Waals surface area contributed by atoms with Crippen molar-refractivity contribution >= 4 is 5.78 Å². The Morgan fingerprint density at radius 2 is 1.66 bits per heavy atom. The lowest BCUT2D eigenvalue weighted by Gasteiger charge is -2.60. The Bertz CT molecular complexity index is 892. The van der Waals surface area contributed by atoms with Gasteiger partial charge >= 0.3 is 0 Å². The molecule has 3 saturated carbocycles. The molecule has 0 radical (unpaired) electrons. The van der Waals surface area contributed by atoms with Crippen molar-refractivity contribution in [1.29, 1.82) is 0 Å². The summed E-state index contributed by atoms with van der Waals surface area (Å²) in [4.78, 5) is 13.3. The molecule has 7 N–H and O–H groups in total. The maximum atomic E-state index is 13.3. The average Bonchev–Trinajstić information content (AvgIpc) is 2.93. The van der Waals surface area contributed by atoms with Crippen molar-refractivity contribution in [2.75, 3.05) is 0 Å². The Hall–Kier alpha value is -0.870. The van der Waals surface area contributed by atoms with E-state index < -0.39 is 63.9 Å². The fourth-order valence-corrected chi connectivity index (χ4v) is 8.44. The SMILES string of the molecule is CC(C)(O)CCC(O)[C@](C)(O)[C@H]1C(O)C[C@@]2(O)C3=CC(=O)C4CC(O)C(O)C[C@]4(C)[C@H]3CC[C@]12C. The van der Waals surface area contributed by atoms with Crippen molar-refractivity contribution in [1.82, 2.24) is 0 Å². The summed E-state index contributed by atoms with van der Waals surface area (Å²) in [5, 5.41) is 76.7.